The van der Waals surface area contributed by atoms with Gasteiger partial charge in [0.1, 0.15) is 0 Å². The smallest absolute Gasteiger partial charge is 0.226 e. The second-order valence-electron chi connectivity index (χ2n) is 6.04. The van der Waals surface area contributed by atoms with Crippen molar-refractivity contribution in [3.63, 3.8) is 0 Å². The van der Waals surface area contributed by atoms with Crippen LogP contribution in [-0.4, -0.2) is 18.6 Å². The molecule has 1 aromatic rings. The first-order valence-corrected chi connectivity index (χ1v) is 7.84. The van der Waals surface area contributed by atoms with Crippen LogP contribution < -0.4 is 11.1 Å². The van der Waals surface area contributed by atoms with E-state index in [1.807, 2.05) is 19.1 Å². The molecule has 116 valence electrons. The van der Waals surface area contributed by atoms with Gasteiger partial charge in [-0.1, -0.05) is 19.8 Å². The van der Waals surface area contributed by atoms with Gasteiger partial charge in [0, 0.05) is 11.4 Å². The van der Waals surface area contributed by atoms with Crippen molar-refractivity contribution >= 4 is 17.3 Å². The maximum absolute atomic E-state index is 12.0. The molecular formula is C17H26N2O2. The summed E-state index contributed by atoms with van der Waals surface area (Å²) in [6.07, 6.45) is 5.63. The van der Waals surface area contributed by atoms with Crippen LogP contribution in [0.5, 0.6) is 0 Å². The van der Waals surface area contributed by atoms with E-state index in [1.54, 1.807) is 6.07 Å². The minimum Gasteiger partial charge on any atom is -0.399 e. The number of aryl methyl sites for hydroxylation is 1. The highest BCUT2D eigenvalue weighted by Gasteiger charge is 2.21. The van der Waals surface area contributed by atoms with Gasteiger partial charge in [0.15, 0.2) is 0 Å². The lowest BCUT2D eigenvalue weighted by Crippen LogP contribution is -2.27. The van der Waals surface area contributed by atoms with E-state index < -0.39 is 0 Å². The second-order valence-corrected chi connectivity index (χ2v) is 6.04. The number of hydrogen-bond donors (Lipinski definition) is 2. The van der Waals surface area contributed by atoms with Crippen LogP contribution in [0.3, 0.4) is 0 Å². The van der Waals surface area contributed by atoms with Crippen LogP contribution in [0.1, 0.15) is 44.6 Å². The SMILES string of the molecule is Cc1cc(N)ccc1NC(=O)CCOC1CCCCC1C. The Bertz CT molecular complexity index is 488. The third-order valence-corrected chi connectivity index (χ3v) is 4.22. The molecule has 0 radical (unpaired) electrons. The molecule has 4 nitrogen and oxygen atoms in total. The number of ether oxygens (including phenoxy) is 1. The molecule has 2 atom stereocenters. The molecule has 1 aromatic carbocycles. The Hall–Kier alpha value is -1.55. The highest BCUT2D eigenvalue weighted by molar-refractivity contribution is 5.91. The fraction of sp³-hybridized carbons (Fsp3) is 0.588. The average Bonchev–Trinajstić information content (AvgIpc) is 2.44. The Balaban J connectivity index is 1.74. The summed E-state index contributed by atoms with van der Waals surface area (Å²) in [6.45, 7) is 4.67. The molecule has 2 rings (SSSR count). The van der Waals surface area contributed by atoms with E-state index in [0.29, 0.717) is 30.7 Å². The number of nitrogen functional groups attached to an aromatic ring is 1. The number of benzene rings is 1. The number of rotatable bonds is 5. The van der Waals surface area contributed by atoms with Gasteiger partial charge in [0.05, 0.1) is 19.1 Å². The molecule has 0 aromatic heterocycles. The first kappa shape index (κ1) is 15.8. The third kappa shape index (κ3) is 4.74. The third-order valence-electron chi connectivity index (χ3n) is 4.22. The zero-order chi connectivity index (χ0) is 15.2. The van der Waals surface area contributed by atoms with E-state index in [9.17, 15) is 4.79 Å². The predicted octanol–water partition coefficient (Wildman–Crippen LogP) is 3.50. The van der Waals surface area contributed by atoms with Crippen LogP contribution in [0.25, 0.3) is 0 Å². The normalized spacial score (nSPS) is 22.0. The number of anilines is 2. The number of amides is 1. The maximum Gasteiger partial charge on any atom is 0.226 e. The Morgan fingerprint density at radius 1 is 1.38 bits per heavy atom. The summed E-state index contributed by atoms with van der Waals surface area (Å²) in [5.41, 5.74) is 8.21. The summed E-state index contributed by atoms with van der Waals surface area (Å²) < 4.78 is 5.87. The predicted molar refractivity (Wildman–Crippen MR) is 86.2 cm³/mol. The van der Waals surface area contributed by atoms with E-state index in [-0.39, 0.29) is 5.91 Å². The van der Waals surface area contributed by atoms with Crippen molar-refractivity contribution in [3.8, 4) is 0 Å². The zero-order valence-electron chi connectivity index (χ0n) is 13.0. The van der Waals surface area contributed by atoms with Crippen molar-refractivity contribution in [2.75, 3.05) is 17.7 Å². The van der Waals surface area contributed by atoms with Gasteiger partial charge in [0.2, 0.25) is 5.91 Å². The minimum atomic E-state index is -0.00802. The maximum atomic E-state index is 12.0. The lowest BCUT2D eigenvalue weighted by Gasteiger charge is -2.28. The van der Waals surface area contributed by atoms with Gasteiger partial charge >= 0.3 is 0 Å². The van der Waals surface area contributed by atoms with Crippen molar-refractivity contribution in [1.82, 2.24) is 0 Å². The zero-order valence-corrected chi connectivity index (χ0v) is 13.0. The Morgan fingerprint density at radius 2 is 2.14 bits per heavy atom. The molecule has 4 heteroatoms. The summed E-state index contributed by atoms with van der Waals surface area (Å²) in [6, 6.07) is 5.49. The summed E-state index contributed by atoms with van der Waals surface area (Å²) in [7, 11) is 0. The van der Waals surface area contributed by atoms with Gasteiger partial charge in [0.25, 0.3) is 0 Å². The van der Waals surface area contributed by atoms with Crippen molar-refractivity contribution in [1.29, 1.82) is 0 Å². The fourth-order valence-electron chi connectivity index (χ4n) is 2.87. The molecule has 1 aliphatic carbocycles. The number of nitrogens with one attached hydrogen (secondary N) is 1. The molecule has 0 spiro atoms. The van der Waals surface area contributed by atoms with Crippen LogP contribution in [0, 0.1) is 12.8 Å². The lowest BCUT2D eigenvalue weighted by molar-refractivity contribution is -0.118. The standard InChI is InChI=1S/C17H26N2O2/c1-12-5-3-4-6-16(12)21-10-9-17(20)19-15-8-7-14(18)11-13(15)2/h7-8,11-12,16H,3-6,9-10,18H2,1-2H3,(H,19,20). The van der Waals surface area contributed by atoms with Crippen LogP contribution in [-0.2, 0) is 9.53 Å². The summed E-state index contributed by atoms with van der Waals surface area (Å²) >= 11 is 0. The van der Waals surface area contributed by atoms with Gasteiger partial charge in [-0.2, -0.15) is 0 Å². The first-order chi connectivity index (χ1) is 10.1. The van der Waals surface area contributed by atoms with Crippen LogP contribution in [0.15, 0.2) is 18.2 Å². The molecular weight excluding hydrogens is 264 g/mol. The number of carbonyl (C=O) groups is 1. The topological polar surface area (TPSA) is 64.3 Å². The lowest BCUT2D eigenvalue weighted by atomic mass is 9.88. The van der Waals surface area contributed by atoms with Gasteiger partial charge in [-0.3, -0.25) is 4.79 Å². The molecule has 1 amide bonds. The van der Waals surface area contributed by atoms with Crippen LogP contribution in [0.2, 0.25) is 0 Å². The second kappa shape index (κ2) is 7.46. The highest BCUT2D eigenvalue weighted by atomic mass is 16.5. The largest absolute Gasteiger partial charge is 0.399 e. The summed E-state index contributed by atoms with van der Waals surface area (Å²) in [4.78, 5) is 12.0. The molecule has 0 bridgehead atoms. The minimum absolute atomic E-state index is 0.00802. The van der Waals surface area contributed by atoms with Gasteiger partial charge < -0.3 is 15.8 Å². The monoisotopic (exact) mass is 290 g/mol. The molecule has 0 heterocycles. The molecule has 1 fully saturated rings. The van der Waals surface area contributed by atoms with E-state index in [1.165, 1.54) is 19.3 Å². The average molecular weight is 290 g/mol. The fourth-order valence-corrected chi connectivity index (χ4v) is 2.87. The molecule has 1 aliphatic rings. The molecule has 21 heavy (non-hydrogen) atoms. The van der Waals surface area contributed by atoms with Crippen LogP contribution >= 0.6 is 0 Å². The Labute approximate surface area is 127 Å². The van der Waals surface area contributed by atoms with Gasteiger partial charge in [-0.25, -0.2) is 0 Å². The first-order valence-electron chi connectivity index (χ1n) is 7.84. The molecule has 0 saturated heterocycles. The van der Waals surface area contributed by atoms with E-state index in [0.717, 1.165) is 17.7 Å². The van der Waals surface area contributed by atoms with E-state index in [4.69, 9.17) is 10.5 Å². The van der Waals surface area contributed by atoms with Crippen molar-refractivity contribution < 1.29 is 9.53 Å². The highest BCUT2D eigenvalue weighted by Crippen LogP contribution is 2.26. The van der Waals surface area contributed by atoms with Crippen molar-refractivity contribution in [3.05, 3.63) is 23.8 Å². The van der Waals surface area contributed by atoms with E-state index in [2.05, 4.69) is 12.2 Å². The van der Waals surface area contributed by atoms with Crippen molar-refractivity contribution in [2.45, 2.75) is 52.1 Å². The molecule has 3 N–H and O–H groups in total. The Morgan fingerprint density at radius 3 is 2.86 bits per heavy atom. The quantitative estimate of drug-likeness (QED) is 0.816. The summed E-state index contributed by atoms with van der Waals surface area (Å²) in [5.74, 6) is 0.604. The number of hydrogen-bond acceptors (Lipinski definition) is 3. The Kier molecular flexibility index (Phi) is 5.62. The van der Waals surface area contributed by atoms with Gasteiger partial charge in [-0.05, 0) is 49.4 Å². The summed E-state index contributed by atoms with van der Waals surface area (Å²) in [5, 5.41) is 2.91. The number of nitrogens with two attached hydrogens (primary N) is 1. The van der Waals surface area contributed by atoms with Crippen LogP contribution in [0.4, 0.5) is 11.4 Å². The van der Waals surface area contributed by atoms with E-state index >= 15 is 0 Å². The van der Waals surface area contributed by atoms with Gasteiger partial charge in [-0.15, -0.1) is 0 Å². The molecule has 0 aliphatic heterocycles. The molecule has 2 unspecified atom stereocenters. The molecule has 1 saturated carbocycles. The van der Waals surface area contributed by atoms with Crippen molar-refractivity contribution in [2.24, 2.45) is 5.92 Å². The number of carbonyl (C=O) groups excluding carboxylic acids is 1.